The predicted molar refractivity (Wildman–Crippen MR) is 81.8 cm³/mol. The van der Waals surface area contributed by atoms with Crippen LogP contribution in [0.5, 0.6) is 5.75 Å². The SMILES string of the molecule is C=CCC(OCc1ccccc1)c1cccc(OC)c1. The summed E-state index contributed by atoms with van der Waals surface area (Å²) in [7, 11) is 1.67. The van der Waals surface area contributed by atoms with E-state index in [1.807, 2.05) is 42.5 Å². The molecule has 2 nitrogen and oxygen atoms in total. The molecule has 0 aromatic heterocycles. The third-order valence-electron chi connectivity index (χ3n) is 3.14. The Hall–Kier alpha value is -2.06. The summed E-state index contributed by atoms with van der Waals surface area (Å²) < 4.78 is 11.3. The molecule has 0 saturated heterocycles. The second-order valence-corrected chi connectivity index (χ2v) is 4.59. The van der Waals surface area contributed by atoms with Gasteiger partial charge in [0.25, 0.3) is 0 Å². The molecule has 0 aliphatic carbocycles. The Balaban J connectivity index is 2.08. The van der Waals surface area contributed by atoms with Gasteiger partial charge in [0.15, 0.2) is 0 Å². The van der Waals surface area contributed by atoms with Crippen molar-refractivity contribution < 1.29 is 9.47 Å². The average molecular weight is 268 g/mol. The molecule has 0 saturated carbocycles. The topological polar surface area (TPSA) is 18.5 Å². The molecule has 1 unspecified atom stereocenters. The molecule has 2 heteroatoms. The van der Waals surface area contributed by atoms with Gasteiger partial charge in [0.1, 0.15) is 5.75 Å². The van der Waals surface area contributed by atoms with Crippen molar-refractivity contribution in [3.63, 3.8) is 0 Å². The van der Waals surface area contributed by atoms with E-state index in [9.17, 15) is 0 Å². The summed E-state index contributed by atoms with van der Waals surface area (Å²) in [4.78, 5) is 0. The summed E-state index contributed by atoms with van der Waals surface area (Å²) in [6.07, 6.45) is 2.66. The van der Waals surface area contributed by atoms with Crippen molar-refractivity contribution in [2.45, 2.75) is 19.1 Å². The normalized spacial score (nSPS) is 11.8. The molecule has 0 fully saturated rings. The summed E-state index contributed by atoms with van der Waals surface area (Å²) in [6, 6.07) is 18.2. The fourth-order valence-electron chi connectivity index (χ4n) is 2.06. The van der Waals surface area contributed by atoms with Crippen LogP contribution in [-0.2, 0) is 11.3 Å². The van der Waals surface area contributed by atoms with Gasteiger partial charge in [-0.3, -0.25) is 0 Å². The molecule has 0 spiro atoms. The Morgan fingerprint density at radius 3 is 2.60 bits per heavy atom. The molecule has 0 amide bonds. The molecule has 2 aromatic rings. The number of rotatable bonds is 7. The van der Waals surface area contributed by atoms with Crippen molar-refractivity contribution in [3.8, 4) is 5.75 Å². The van der Waals surface area contributed by atoms with Gasteiger partial charge in [-0.25, -0.2) is 0 Å². The minimum absolute atomic E-state index is 0.00260. The zero-order valence-corrected chi connectivity index (χ0v) is 11.8. The molecule has 0 N–H and O–H groups in total. The van der Waals surface area contributed by atoms with Crippen molar-refractivity contribution in [2.75, 3.05) is 7.11 Å². The Morgan fingerprint density at radius 2 is 1.90 bits per heavy atom. The van der Waals surface area contributed by atoms with Gasteiger partial charge in [-0.05, 0) is 29.7 Å². The second-order valence-electron chi connectivity index (χ2n) is 4.59. The second kappa shape index (κ2) is 7.51. The fraction of sp³-hybridized carbons (Fsp3) is 0.222. The molecule has 1 atom stereocenters. The van der Waals surface area contributed by atoms with Crippen molar-refractivity contribution in [1.82, 2.24) is 0 Å². The van der Waals surface area contributed by atoms with Crippen LogP contribution in [0.4, 0.5) is 0 Å². The van der Waals surface area contributed by atoms with E-state index in [4.69, 9.17) is 9.47 Å². The first-order chi connectivity index (χ1) is 9.83. The predicted octanol–water partition coefficient (Wildman–Crippen LogP) is 4.53. The molecule has 0 aliphatic heterocycles. The minimum atomic E-state index is 0.00260. The highest BCUT2D eigenvalue weighted by Gasteiger charge is 2.11. The molecule has 0 bridgehead atoms. The lowest BCUT2D eigenvalue weighted by Gasteiger charge is -2.17. The van der Waals surface area contributed by atoms with E-state index in [1.54, 1.807) is 7.11 Å². The summed E-state index contributed by atoms with van der Waals surface area (Å²) in [5.41, 5.74) is 2.28. The summed E-state index contributed by atoms with van der Waals surface area (Å²) in [6.45, 7) is 4.41. The zero-order chi connectivity index (χ0) is 14.2. The molecular weight excluding hydrogens is 248 g/mol. The van der Waals surface area contributed by atoms with Crippen LogP contribution in [0.15, 0.2) is 67.3 Å². The molecule has 2 rings (SSSR count). The maximum Gasteiger partial charge on any atom is 0.119 e. The van der Waals surface area contributed by atoms with Crippen LogP contribution in [0.25, 0.3) is 0 Å². The summed E-state index contributed by atoms with van der Waals surface area (Å²) in [5, 5.41) is 0. The Bertz CT molecular complexity index is 534. The summed E-state index contributed by atoms with van der Waals surface area (Å²) >= 11 is 0. The van der Waals surface area contributed by atoms with Gasteiger partial charge in [0.2, 0.25) is 0 Å². The van der Waals surface area contributed by atoms with E-state index in [-0.39, 0.29) is 6.10 Å². The Kier molecular flexibility index (Phi) is 5.39. The lowest BCUT2D eigenvalue weighted by molar-refractivity contribution is 0.0416. The van der Waals surface area contributed by atoms with E-state index in [0.717, 1.165) is 17.7 Å². The van der Waals surface area contributed by atoms with Gasteiger partial charge in [-0.2, -0.15) is 0 Å². The molecule has 0 aliphatic rings. The first-order valence-electron chi connectivity index (χ1n) is 6.74. The number of benzene rings is 2. The van der Waals surface area contributed by atoms with Crippen LogP contribution in [0, 0.1) is 0 Å². The highest BCUT2D eigenvalue weighted by Crippen LogP contribution is 2.26. The van der Waals surface area contributed by atoms with Gasteiger partial charge >= 0.3 is 0 Å². The van der Waals surface area contributed by atoms with E-state index >= 15 is 0 Å². The van der Waals surface area contributed by atoms with Crippen molar-refractivity contribution in [2.24, 2.45) is 0 Å². The highest BCUT2D eigenvalue weighted by molar-refractivity contribution is 5.30. The first-order valence-corrected chi connectivity index (χ1v) is 6.74. The molecule has 2 aromatic carbocycles. The highest BCUT2D eigenvalue weighted by atomic mass is 16.5. The zero-order valence-electron chi connectivity index (χ0n) is 11.8. The van der Waals surface area contributed by atoms with E-state index in [1.165, 1.54) is 5.56 Å². The van der Waals surface area contributed by atoms with Gasteiger partial charge in [-0.1, -0.05) is 48.5 Å². The molecule has 20 heavy (non-hydrogen) atoms. The summed E-state index contributed by atoms with van der Waals surface area (Å²) in [5.74, 6) is 0.847. The lowest BCUT2D eigenvalue weighted by Crippen LogP contribution is -2.04. The van der Waals surface area contributed by atoms with Crippen molar-refractivity contribution >= 4 is 0 Å². The van der Waals surface area contributed by atoms with E-state index in [0.29, 0.717) is 6.61 Å². The van der Waals surface area contributed by atoms with Crippen LogP contribution in [0.1, 0.15) is 23.7 Å². The lowest BCUT2D eigenvalue weighted by atomic mass is 10.1. The molecule has 0 radical (unpaired) electrons. The minimum Gasteiger partial charge on any atom is -0.497 e. The third kappa shape index (κ3) is 3.97. The van der Waals surface area contributed by atoms with Crippen molar-refractivity contribution in [3.05, 3.63) is 78.4 Å². The van der Waals surface area contributed by atoms with Gasteiger partial charge in [0.05, 0.1) is 19.8 Å². The quantitative estimate of drug-likeness (QED) is 0.687. The molecular formula is C18H20O2. The number of hydrogen-bond acceptors (Lipinski definition) is 2. The smallest absolute Gasteiger partial charge is 0.119 e. The third-order valence-corrected chi connectivity index (χ3v) is 3.14. The van der Waals surface area contributed by atoms with Crippen LogP contribution in [0.3, 0.4) is 0 Å². The molecule has 0 heterocycles. The Morgan fingerprint density at radius 1 is 1.10 bits per heavy atom. The Labute approximate surface area is 120 Å². The van der Waals surface area contributed by atoms with E-state index < -0.39 is 0 Å². The maximum atomic E-state index is 6.03. The number of ether oxygens (including phenoxy) is 2. The average Bonchev–Trinajstić information content (AvgIpc) is 2.52. The number of hydrogen-bond donors (Lipinski definition) is 0. The van der Waals surface area contributed by atoms with Crippen LogP contribution in [-0.4, -0.2) is 7.11 Å². The van der Waals surface area contributed by atoms with Crippen LogP contribution in [0.2, 0.25) is 0 Å². The van der Waals surface area contributed by atoms with Crippen LogP contribution < -0.4 is 4.74 Å². The standard InChI is InChI=1S/C18H20O2/c1-3-8-18(16-11-7-12-17(13-16)19-2)20-14-15-9-5-4-6-10-15/h3-7,9-13,18H,1,8,14H2,2H3. The van der Waals surface area contributed by atoms with Crippen LogP contribution >= 0.6 is 0 Å². The van der Waals surface area contributed by atoms with E-state index in [2.05, 4.69) is 24.8 Å². The monoisotopic (exact) mass is 268 g/mol. The maximum absolute atomic E-state index is 6.03. The van der Waals surface area contributed by atoms with Gasteiger partial charge < -0.3 is 9.47 Å². The molecule has 104 valence electrons. The van der Waals surface area contributed by atoms with Gasteiger partial charge in [0, 0.05) is 0 Å². The fourth-order valence-corrected chi connectivity index (χ4v) is 2.06. The van der Waals surface area contributed by atoms with Gasteiger partial charge in [-0.15, -0.1) is 6.58 Å². The van der Waals surface area contributed by atoms with Crippen molar-refractivity contribution in [1.29, 1.82) is 0 Å². The largest absolute Gasteiger partial charge is 0.497 e. The number of methoxy groups -OCH3 is 1. The first kappa shape index (κ1) is 14.4.